The molecule has 2 rings (SSSR count). The lowest BCUT2D eigenvalue weighted by Gasteiger charge is -2.29. The number of nitrogens with zero attached hydrogens (tertiary/aromatic N) is 1. The number of carbonyl (C=O) groups is 2. The fraction of sp³-hybridized carbons (Fsp3) is 0.467. The first-order valence-electron chi connectivity index (χ1n) is 6.86. The summed E-state index contributed by atoms with van der Waals surface area (Å²) in [7, 11) is 2.91. The third kappa shape index (κ3) is 2.85. The van der Waals surface area contributed by atoms with Crippen molar-refractivity contribution < 1.29 is 19.1 Å². The van der Waals surface area contributed by atoms with Crippen LogP contribution in [-0.2, 0) is 14.3 Å². The molecule has 1 heterocycles. The van der Waals surface area contributed by atoms with Crippen LogP contribution in [-0.4, -0.2) is 43.6 Å². The first-order valence-corrected chi connectivity index (χ1v) is 6.86. The molecule has 0 radical (unpaired) electrons. The van der Waals surface area contributed by atoms with Crippen LogP contribution in [0.1, 0.15) is 24.4 Å². The van der Waals surface area contributed by atoms with Crippen LogP contribution < -0.4 is 10.5 Å². The average Bonchev–Trinajstić information content (AvgIpc) is 2.97. The molecule has 6 nitrogen and oxygen atoms in total. The van der Waals surface area contributed by atoms with Gasteiger partial charge in [-0.25, -0.2) is 4.79 Å². The Labute approximate surface area is 123 Å². The summed E-state index contributed by atoms with van der Waals surface area (Å²) < 4.78 is 10.2. The third-order valence-corrected chi connectivity index (χ3v) is 3.82. The molecule has 0 saturated carbocycles. The van der Waals surface area contributed by atoms with E-state index in [2.05, 4.69) is 0 Å². The van der Waals surface area contributed by atoms with E-state index in [1.54, 1.807) is 7.11 Å². The van der Waals surface area contributed by atoms with E-state index in [9.17, 15) is 9.59 Å². The number of benzene rings is 1. The number of rotatable bonds is 4. The highest BCUT2D eigenvalue weighted by Gasteiger charge is 2.42. The van der Waals surface area contributed by atoms with E-state index in [1.807, 2.05) is 24.3 Å². The van der Waals surface area contributed by atoms with E-state index in [0.717, 1.165) is 5.56 Å². The fourth-order valence-electron chi connectivity index (χ4n) is 2.88. The molecule has 1 saturated heterocycles. The number of carbonyl (C=O) groups excluding carboxylic acids is 2. The monoisotopic (exact) mass is 292 g/mol. The van der Waals surface area contributed by atoms with Crippen molar-refractivity contribution in [1.82, 2.24) is 4.90 Å². The molecule has 6 heteroatoms. The van der Waals surface area contributed by atoms with Gasteiger partial charge in [0.05, 0.1) is 26.8 Å². The second-order valence-corrected chi connectivity index (χ2v) is 4.88. The molecule has 2 atom stereocenters. The lowest BCUT2D eigenvalue weighted by atomic mass is 10.0. The molecular weight excluding hydrogens is 272 g/mol. The number of amides is 1. The Morgan fingerprint density at radius 3 is 2.62 bits per heavy atom. The molecule has 0 bridgehead atoms. The zero-order valence-electron chi connectivity index (χ0n) is 12.2. The van der Waals surface area contributed by atoms with Crippen LogP contribution in [0.25, 0.3) is 0 Å². The number of esters is 1. The Kier molecular flexibility index (Phi) is 4.80. The van der Waals surface area contributed by atoms with Crippen molar-refractivity contribution in [3.8, 4) is 5.75 Å². The van der Waals surface area contributed by atoms with Gasteiger partial charge in [-0.15, -0.1) is 0 Å². The molecule has 1 unspecified atom stereocenters. The maximum atomic E-state index is 12.2. The Hall–Kier alpha value is -2.08. The highest BCUT2D eigenvalue weighted by molar-refractivity contribution is 5.86. The molecule has 1 aliphatic rings. The topological polar surface area (TPSA) is 81.9 Å². The predicted molar refractivity (Wildman–Crippen MR) is 76.7 cm³/mol. The molecule has 2 N–H and O–H groups in total. The zero-order chi connectivity index (χ0) is 15.4. The first-order chi connectivity index (χ1) is 10.1. The summed E-state index contributed by atoms with van der Waals surface area (Å²) >= 11 is 0. The Balaban J connectivity index is 2.38. The number of likely N-dealkylation sites (tertiary alicyclic amines) is 1. The lowest BCUT2D eigenvalue weighted by molar-refractivity contribution is -0.151. The maximum Gasteiger partial charge on any atom is 0.328 e. The number of methoxy groups -OCH3 is 2. The van der Waals surface area contributed by atoms with Crippen LogP contribution in [0.15, 0.2) is 24.3 Å². The Morgan fingerprint density at radius 2 is 2.00 bits per heavy atom. The smallest absolute Gasteiger partial charge is 0.328 e. The normalized spacial score (nSPS) is 21.2. The van der Waals surface area contributed by atoms with Crippen molar-refractivity contribution in [2.24, 2.45) is 5.73 Å². The molecule has 1 amide bonds. The molecule has 0 spiro atoms. The van der Waals surface area contributed by atoms with Gasteiger partial charge in [0.25, 0.3) is 0 Å². The molecule has 1 aliphatic heterocycles. The van der Waals surface area contributed by atoms with Crippen molar-refractivity contribution in [1.29, 1.82) is 0 Å². The van der Waals surface area contributed by atoms with Crippen molar-refractivity contribution in [2.75, 3.05) is 20.8 Å². The number of hydrogen-bond donors (Lipinski definition) is 1. The van der Waals surface area contributed by atoms with Gasteiger partial charge >= 0.3 is 5.97 Å². The van der Waals surface area contributed by atoms with Crippen LogP contribution in [0, 0.1) is 0 Å². The minimum Gasteiger partial charge on any atom is -0.496 e. The van der Waals surface area contributed by atoms with Gasteiger partial charge in [-0.2, -0.15) is 0 Å². The summed E-state index contributed by atoms with van der Waals surface area (Å²) in [5.74, 6) is 0.0239. The maximum absolute atomic E-state index is 12.2. The van der Waals surface area contributed by atoms with E-state index < -0.39 is 12.0 Å². The van der Waals surface area contributed by atoms with Crippen molar-refractivity contribution in [3.05, 3.63) is 29.8 Å². The van der Waals surface area contributed by atoms with Crippen molar-refractivity contribution in [2.45, 2.75) is 24.9 Å². The van der Waals surface area contributed by atoms with Gasteiger partial charge in [-0.3, -0.25) is 4.79 Å². The minimum absolute atomic E-state index is 0.140. The van der Waals surface area contributed by atoms with E-state index in [4.69, 9.17) is 15.2 Å². The number of nitrogens with two attached hydrogens (primary N) is 1. The molecule has 0 aliphatic carbocycles. The van der Waals surface area contributed by atoms with Gasteiger partial charge < -0.3 is 20.1 Å². The van der Waals surface area contributed by atoms with Gasteiger partial charge in [-0.05, 0) is 18.9 Å². The zero-order valence-corrected chi connectivity index (χ0v) is 12.2. The summed E-state index contributed by atoms with van der Waals surface area (Å²) in [6.07, 6.45) is 1.23. The quantitative estimate of drug-likeness (QED) is 0.832. The van der Waals surface area contributed by atoms with E-state index in [-0.39, 0.29) is 18.5 Å². The minimum atomic E-state index is -0.582. The predicted octanol–water partition coefficient (Wildman–Crippen LogP) is 0.859. The highest BCUT2D eigenvalue weighted by Crippen LogP contribution is 2.40. The second kappa shape index (κ2) is 6.58. The summed E-state index contributed by atoms with van der Waals surface area (Å²) in [5.41, 5.74) is 6.37. The number of para-hydroxylation sites is 1. The van der Waals surface area contributed by atoms with Crippen LogP contribution in [0.5, 0.6) is 5.75 Å². The van der Waals surface area contributed by atoms with Gasteiger partial charge in [0, 0.05) is 5.56 Å². The molecule has 1 fully saturated rings. The number of ether oxygens (including phenoxy) is 2. The van der Waals surface area contributed by atoms with Crippen LogP contribution in [0.4, 0.5) is 0 Å². The molecular formula is C15H20N2O4. The van der Waals surface area contributed by atoms with Gasteiger partial charge in [0.2, 0.25) is 5.91 Å². The van der Waals surface area contributed by atoms with Crippen molar-refractivity contribution >= 4 is 11.9 Å². The van der Waals surface area contributed by atoms with E-state index >= 15 is 0 Å². The summed E-state index contributed by atoms with van der Waals surface area (Å²) in [4.78, 5) is 25.6. The van der Waals surface area contributed by atoms with Crippen LogP contribution >= 0.6 is 0 Å². The molecule has 114 valence electrons. The Morgan fingerprint density at radius 1 is 1.29 bits per heavy atom. The summed E-state index contributed by atoms with van der Waals surface area (Å²) in [6, 6.07) is 6.69. The van der Waals surface area contributed by atoms with Gasteiger partial charge in [0.1, 0.15) is 11.8 Å². The Bertz CT molecular complexity index is 532. The second-order valence-electron chi connectivity index (χ2n) is 4.88. The molecule has 1 aromatic carbocycles. The van der Waals surface area contributed by atoms with Gasteiger partial charge in [-0.1, -0.05) is 18.2 Å². The summed E-state index contributed by atoms with van der Waals surface area (Å²) in [5, 5.41) is 0. The van der Waals surface area contributed by atoms with Gasteiger partial charge in [0.15, 0.2) is 0 Å². The standard InChI is InChI=1S/C15H20N2O4/c1-20-13-6-4-3-5-10(13)11-7-8-12(15(19)21-2)17(11)14(18)9-16/h3-6,11-12H,7-9,16H2,1-2H3/t11?,12-/m0/s1. The molecule has 1 aromatic rings. The lowest BCUT2D eigenvalue weighted by Crippen LogP contribution is -2.45. The summed E-state index contributed by atoms with van der Waals surface area (Å²) in [6.45, 7) is -0.140. The molecule has 0 aromatic heterocycles. The third-order valence-electron chi connectivity index (χ3n) is 3.82. The van der Waals surface area contributed by atoms with E-state index in [1.165, 1.54) is 12.0 Å². The van der Waals surface area contributed by atoms with Crippen molar-refractivity contribution in [3.63, 3.8) is 0 Å². The fourth-order valence-corrected chi connectivity index (χ4v) is 2.88. The first kappa shape index (κ1) is 15.3. The van der Waals surface area contributed by atoms with Crippen LogP contribution in [0.3, 0.4) is 0 Å². The molecule has 21 heavy (non-hydrogen) atoms. The van der Waals surface area contributed by atoms with E-state index in [0.29, 0.717) is 18.6 Å². The largest absolute Gasteiger partial charge is 0.496 e. The number of hydrogen-bond acceptors (Lipinski definition) is 5. The van der Waals surface area contributed by atoms with Crippen LogP contribution in [0.2, 0.25) is 0 Å². The SMILES string of the molecule is COC(=O)[C@@H]1CCC(c2ccccc2OC)N1C(=O)CN. The highest BCUT2D eigenvalue weighted by atomic mass is 16.5. The average molecular weight is 292 g/mol.